The number of unbranched alkanes of at least 4 members (excludes halogenated alkanes) is 1. The number of amides is 4. The van der Waals surface area contributed by atoms with Gasteiger partial charge in [0.1, 0.15) is 6.04 Å². The molecule has 7 heteroatoms. The Balaban J connectivity index is 2.38. The van der Waals surface area contributed by atoms with E-state index in [9.17, 15) is 14.4 Å². The first-order valence-electron chi connectivity index (χ1n) is 8.07. The third-order valence-corrected chi connectivity index (χ3v) is 3.44. The fourth-order valence-electron chi connectivity index (χ4n) is 2.19. The number of urea groups is 1. The van der Waals surface area contributed by atoms with Gasteiger partial charge in [-0.1, -0.05) is 30.3 Å². The van der Waals surface area contributed by atoms with E-state index in [4.69, 9.17) is 0 Å². The number of benzene rings is 1. The molecule has 0 aromatic heterocycles. The van der Waals surface area contributed by atoms with Crippen LogP contribution in [0.15, 0.2) is 30.3 Å². The molecule has 132 valence electrons. The first-order valence-corrected chi connectivity index (χ1v) is 8.07. The Labute approximate surface area is 142 Å². The zero-order valence-electron chi connectivity index (χ0n) is 14.2. The number of hydrogen-bond acceptors (Lipinski definition) is 3. The summed E-state index contributed by atoms with van der Waals surface area (Å²) < 4.78 is 0. The average molecular weight is 334 g/mol. The lowest BCUT2D eigenvalue weighted by molar-refractivity contribution is -0.128. The molecular formula is C17H26N4O3. The lowest BCUT2D eigenvalue weighted by Crippen LogP contribution is -2.45. The molecule has 0 bridgehead atoms. The standard InChI is InChI=1S/C17H26N4O3/c1-13(22)21-15(10-6-7-11-19-17(24)18-2)16(23)20-12-14-8-4-3-5-9-14/h3-5,8-9,15H,6-7,10-12H2,1-2H3,(H,20,23)(H,21,22)(H2,18,19,24)/t15-/m0/s1. The Hall–Kier alpha value is -2.57. The molecule has 0 aliphatic carbocycles. The second-order valence-corrected chi connectivity index (χ2v) is 5.46. The van der Waals surface area contributed by atoms with Crippen LogP contribution in [0.4, 0.5) is 4.79 Å². The van der Waals surface area contributed by atoms with E-state index in [1.165, 1.54) is 6.92 Å². The van der Waals surface area contributed by atoms with Crippen LogP contribution >= 0.6 is 0 Å². The van der Waals surface area contributed by atoms with Crippen LogP contribution in [0.2, 0.25) is 0 Å². The van der Waals surface area contributed by atoms with Crippen molar-refractivity contribution < 1.29 is 14.4 Å². The van der Waals surface area contributed by atoms with Gasteiger partial charge in [-0.25, -0.2) is 4.79 Å². The quantitative estimate of drug-likeness (QED) is 0.505. The largest absolute Gasteiger partial charge is 0.350 e. The summed E-state index contributed by atoms with van der Waals surface area (Å²) in [5.41, 5.74) is 1.00. The van der Waals surface area contributed by atoms with Crippen molar-refractivity contribution in [2.24, 2.45) is 0 Å². The zero-order valence-corrected chi connectivity index (χ0v) is 14.2. The van der Waals surface area contributed by atoms with Crippen LogP contribution in [-0.4, -0.2) is 37.5 Å². The van der Waals surface area contributed by atoms with Gasteiger partial charge in [-0.15, -0.1) is 0 Å². The maximum Gasteiger partial charge on any atom is 0.314 e. The van der Waals surface area contributed by atoms with E-state index in [-0.39, 0.29) is 17.8 Å². The second-order valence-electron chi connectivity index (χ2n) is 5.46. The summed E-state index contributed by atoms with van der Waals surface area (Å²) in [6, 6.07) is 8.80. The van der Waals surface area contributed by atoms with Crippen LogP contribution in [0, 0.1) is 0 Å². The molecule has 0 aliphatic heterocycles. The Bertz CT molecular complexity index is 534. The zero-order chi connectivity index (χ0) is 17.8. The number of nitrogens with one attached hydrogen (secondary N) is 4. The molecular weight excluding hydrogens is 308 g/mol. The summed E-state index contributed by atoms with van der Waals surface area (Å²) in [4.78, 5) is 34.6. The Morgan fingerprint density at radius 2 is 1.75 bits per heavy atom. The number of rotatable bonds is 9. The molecule has 0 aliphatic rings. The van der Waals surface area contributed by atoms with Gasteiger partial charge in [0.15, 0.2) is 0 Å². The number of hydrogen-bond donors (Lipinski definition) is 4. The molecule has 0 spiro atoms. The van der Waals surface area contributed by atoms with E-state index >= 15 is 0 Å². The van der Waals surface area contributed by atoms with Crippen LogP contribution in [0.3, 0.4) is 0 Å². The minimum atomic E-state index is -0.564. The minimum absolute atomic E-state index is 0.201. The topological polar surface area (TPSA) is 99.3 Å². The normalized spacial score (nSPS) is 11.2. The molecule has 0 unspecified atom stereocenters. The molecule has 1 aromatic carbocycles. The SMILES string of the molecule is CNC(=O)NCCCC[C@H](NC(C)=O)C(=O)NCc1ccccc1. The predicted octanol–water partition coefficient (Wildman–Crippen LogP) is 0.907. The lowest BCUT2D eigenvalue weighted by Gasteiger charge is -2.17. The van der Waals surface area contributed by atoms with Crippen molar-refractivity contribution in [1.82, 2.24) is 21.3 Å². The van der Waals surface area contributed by atoms with E-state index in [2.05, 4.69) is 21.3 Å². The fraction of sp³-hybridized carbons (Fsp3) is 0.471. The van der Waals surface area contributed by atoms with Gasteiger partial charge in [-0.3, -0.25) is 9.59 Å². The molecule has 1 rings (SSSR count). The van der Waals surface area contributed by atoms with E-state index < -0.39 is 6.04 Å². The van der Waals surface area contributed by atoms with Gasteiger partial charge >= 0.3 is 6.03 Å². The predicted molar refractivity (Wildman–Crippen MR) is 92.2 cm³/mol. The van der Waals surface area contributed by atoms with Crippen LogP contribution in [0.25, 0.3) is 0 Å². The summed E-state index contributed by atoms with van der Waals surface area (Å²) >= 11 is 0. The molecule has 7 nitrogen and oxygen atoms in total. The van der Waals surface area contributed by atoms with Crippen molar-refractivity contribution in [2.75, 3.05) is 13.6 Å². The maximum atomic E-state index is 12.3. The Kier molecular flexibility index (Phi) is 8.96. The van der Waals surface area contributed by atoms with Crippen LogP contribution in [-0.2, 0) is 16.1 Å². The first-order chi connectivity index (χ1) is 11.5. The smallest absolute Gasteiger partial charge is 0.314 e. The van der Waals surface area contributed by atoms with Crippen LogP contribution in [0.5, 0.6) is 0 Å². The van der Waals surface area contributed by atoms with E-state index in [1.807, 2.05) is 30.3 Å². The molecule has 24 heavy (non-hydrogen) atoms. The highest BCUT2D eigenvalue weighted by Crippen LogP contribution is 2.03. The molecule has 0 radical (unpaired) electrons. The van der Waals surface area contributed by atoms with Gasteiger partial charge in [0.05, 0.1) is 0 Å². The number of carbonyl (C=O) groups is 3. The summed E-state index contributed by atoms with van der Waals surface area (Å²) in [5, 5.41) is 10.7. The maximum absolute atomic E-state index is 12.3. The summed E-state index contributed by atoms with van der Waals surface area (Å²) in [5.74, 6) is -0.438. The van der Waals surface area contributed by atoms with Gasteiger partial charge in [0, 0.05) is 27.1 Å². The third kappa shape index (κ3) is 8.17. The monoisotopic (exact) mass is 334 g/mol. The molecule has 0 fully saturated rings. The van der Waals surface area contributed by atoms with Gasteiger partial charge in [0.2, 0.25) is 11.8 Å². The van der Waals surface area contributed by atoms with Crippen molar-refractivity contribution >= 4 is 17.8 Å². The van der Waals surface area contributed by atoms with E-state index in [0.717, 1.165) is 12.0 Å². The average Bonchev–Trinajstić information content (AvgIpc) is 2.58. The van der Waals surface area contributed by atoms with Gasteiger partial charge in [-0.2, -0.15) is 0 Å². The van der Waals surface area contributed by atoms with Crippen LogP contribution < -0.4 is 21.3 Å². The molecule has 4 N–H and O–H groups in total. The van der Waals surface area contributed by atoms with Gasteiger partial charge in [0.25, 0.3) is 0 Å². The molecule has 4 amide bonds. The summed E-state index contributed by atoms with van der Waals surface area (Å²) in [6.45, 7) is 2.34. The highest BCUT2D eigenvalue weighted by Gasteiger charge is 2.18. The molecule has 0 saturated carbocycles. The molecule has 1 aromatic rings. The first kappa shape index (κ1) is 19.5. The minimum Gasteiger partial charge on any atom is -0.350 e. The van der Waals surface area contributed by atoms with Gasteiger partial charge in [-0.05, 0) is 24.8 Å². The molecule has 1 atom stereocenters. The van der Waals surface area contributed by atoms with Crippen LogP contribution in [0.1, 0.15) is 31.7 Å². The number of carbonyl (C=O) groups excluding carboxylic acids is 3. The highest BCUT2D eigenvalue weighted by molar-refractivity contribution is 5.86. The van der Waals surface area contributed by atoms with Crippen molar-refractivity contribution in [3.05, 3.63) is 35.9 Å². The molecule has 0 saturated heterocycles. The second kappa shape index (κ2) is 11.0. The molecule has 0 heterocycles. The Morgan fingerprint density at radius 3 is 2.38 bits per heavy atom. The fourth-order valence-corrected chi connectivity index (χ4v) is 2.19. The van der Waals surface area contributed by atoms with E-state index in [1.54, 1.807) is 7.05 Å². The highest BCUT2D eigenvalue weighted by atomic mass is 16.2. The Morgan fingerprint density at radius 1 is 1.04 bits per heavy atom. The van der Waals surface area contributed by atoms with Crippen molar-refractivity contribution in [2.45, 2.75) is 38.8 Å². The van der Waals surface area contributed by atoms with Crippen molar-refractivity contribution in [3.63, 3.8) is 0 Å². The van der Waals surface area contributed by atoms with E-state index in [0.29, 0.717) is 25.9 Å². The third-order valence-electron chi connectivity index (χ3n) is 3.44. The van der Waals surface area contributed by atoms with Crippen molar-refractivity contribution in [3.8, 4) is 0 Å². The summed E-state index contributed by atoms with van der Waals surface area (Å²) in [7, 11) is 1.55. The lowest BCUT2D eigenvalue weighted by atomic mass is 10.1. The van der Waals surface area contributed by atoms with Crippen molar-refractivity contribution in [1.29, 1.82) is 0 Å². The van der Waals surface area contributed by atoms with Gasteiger partial charge < -0.3 is 21.3 Å². The summed E-state index contributed by atoms with van der Waals surface area (Å²) in [6.07, 6.45) is 1.97.